The molecule has 33 heavy (non-hydrogen) atoms. The van der Waals surface area contributed by atoms with E-state index in [0.717, 1.165) is 4.47 Å². The molecule has 8 nitrogen and oxygen atoms in total. The maximum Gasteiger partial charge on any atom is 0.295 e. The van der Waals surface area contributed by atoms with E-state index < -0.39 is 17.7 Å². The Bertz CT molecular complexity index is 1060. The molecule has 2 aromatic rings. The zero-order chi connectivity index (χ0) is 24.3. The Morgan fingerprint density at radius 2 is 1.61 bits per heavy atom. The van der Waals surface area contributed by atoms with E-state index in [2.05, 4.69) is 15.9 Å². The maximum absolute atomic E-state index is 13.1. The molecule has 2 aromatic carbocycles. The highest BCUT2D eigenvalue weighted by atomic mass is 79.9. The molecule has 3 rings (SSSR count). The van der Waals surface area contributed by atoms with Gasteiger partial charge in [-0.3, -0.25) is 9.59 Å². The van der Waals surface area contributed by atoms with Crippen LogP contribution in [0.15, 0.2) is 46.4 Å². The summed E-state index contributed by atoms with van der Waals surface area (Å²) in [6.45, 7) is 0.822. The van der Waals surface area contributed by atoms with Gasteiger partial charge in [0.05, 0.1) is 32.9 Å². The molecule has 1 N–H and O–H groups in total. The van der Waals surface area contributed by atoms with Crippen LogP contribution in [0.1, 0.15) is 17.2 Å². The Labute approximate surface area is 201 Å². The van der Waals surface area contributed by atoms with Crippen LogP contribution in [-0.2, 0) is 9.59 Å². The second-order valence-electron chi connectivity index (χ2n) is 7.76. The predicted octanol–water partition coefficient (Wildman–Crippen LogP) is 3.46. The summed E-state index contributed by atoms with van der Waals surface area (Å²) in [5.41, 5.74) is 0.998. The number of Topliss-reactive ketones (excluding diaryl/α,β-unsaturated/α-hetero) is 1. The van der Waals surface area contributed by atoms with Gasteiger partial charge in [0.1, 0.15) is 5.76 Å². The number of hydrogen-bond acceptors (Lipinski definition) is 7. The minimum absolute atomic E-state index is 0.00958. The minimum atomic E-state index is -0.831. The van der Waals surface area contributed by atoms with E-state index in [1.165, 1.54) is 26.2 Å². The standard InChI is InChI=1S/C24H27BrN2O6/c1-26(2)10-11-27-20(15-12-17(31-3)23(33-5)18(13-15)32-4)19(22(29)24(27)30)21(28)14-6-8-16(25)9-7-14/h6-9,12-13,20,28H,10-11H2,1-5H3/t20-/m0/s1. The third-order valence-electron chi connectivity index (χ3n) is 5.45. The van der Waals surface area contributed by atoms with Gasteiger partial charge in [0.2, 0.25) is 5.75 Å². The fourth-order valence-electron chi connectivity index (χ4n) is 3.79. The number of likely N-dealkylation sites (N-methyl/N-ethyl adjacent to an activating group) is 1. The number of carbonyl (C=O) groups excluding carboxylic acids is 2. The van der Waals surface area contributed by atoms with Crippen molar-refractivity contribution in [2.45, 2.75) is 6.04 Å². The van der Waals surface area contributed by atoms with Crippen molar-refractivity contribution >= 4 is 33.4 Å². The highest BCUT2D eigenvalue weighted by Gasteiger charge is 2.46. The smallest absolute Gasteiger partial charge is 0.295 e. The molecule has 176 valence electrons. The first kappa shape index (κ1) is 24.6. The first-order chi connectivity index (χ1) is 15.7. The Balaban J connectivity index is 2.25. The predicted molar refractivity (Wildman–Crippen MR) is 128 cm³/mol. The molecule has 0 spiro atoms. The average Bonchev–Trinajstić information content (AvgIpc) is 3.06. The van der Waals surface area contributed by atoms with E-state index in [9.17, 15) is 14.7 Å². The number of methoxy groups -OCH3 is 3. The molecule has 0 radical (unpaired) electrons. The molecule has 1 aliphatic rings. The minimum Gasteiger partial charge on any atom is -0.507 e. The molecule has 1 heterocycles. The lowest BCUT2D eigenvalue weighted by molar-refractivity contribution is -0.140. The first-order valence-electron chi connectivity index (χ1n) is 10.2. The van der Waals surface area contributed by atoms with Crippen LogP contribution in [0.3, 0.4) is 0 Å². The van der Waals surface area contributed by atoms with E-state index >= 15 is 0 Å². The third kappa shape index (κ3) is 4.84. The summed E-state index contributed by atoms with van der Waals surface area (Å²) >= 11 is 3.37. The topological polar surface area (TPSA) is 88.5 Å². The lowest BCUT2D eigenvalue weighted by Crippen LogP contribution is -2.35. The van der Waals surface area contributed by atoms with Gasteiger partial charge in [-0.15, -0.1) is 0 Å². The summed E-state index contributed by atoms with van der Waals surface area (Å²) in [4.78, 5) is 29.6. The Hall–Kier alpha value is -3.04. The van der Waals surface area contributed by atoms with Crippen molar-refractivity contribution in [1.29, 1.82) is 0 Å². The number of aliphatic hydroxyl groups is 1. The highest BCUT2D eigenvalue weighted by Crippen LogP contribution is 2.45. The van der Waals surface area contributed by atoms with Gasteiger partial charge in [0, 0.05) is 23.1 Å². The summed E-state index contributed by atoms with van der Waals surface area (Å²) in [6, 6.07) is 9.42. The van der Waals surface area contributed by atoms with Gasteiger partial charge in [0.25, 0.3) is 11.7 Å². The van der Waals surface area contributed by atoms with Crippen LogP contribution in [-0.4, -0.2) is 75.1 Å². The fourth-order valence-corrected chi connectivity index (χ4v) is 4.05. The van der Waals surface area contributed by atoms with Crippen molar-refractivity contribution in [3.8, 4) is 17.2 Å². The zero-order valence-corrected chi connectivity index (χ0v) is 20.8. The van der Waals surface area contributed by atoms with Gasteiger partial charge < -0.3 is 29.1 Å². The normalized spacial score (nSPS) is 17.5. The number of halogens is 1. The monoisotopic (exact) mass is 518 g/mol. The van der Waals surface area contributed by atoms with E-state index in [1.807, 2.05) is 19.0 Å². The maximum atomic E-state index is 13.1. The number of rotatable bonds is 8. The lowest BCUT2D eigenvalue weighted by atomic mass is 9.94. The van der Waals surface area contributed by atoms with Crippen LogP contribution in [0, 0.1) is 0 Å². The quantitative estimate of drug-likeness (QED) is 0.325. The molecule has 1 amide bonds. The molecule has 1 atom stereocenters. The van der Waals surface area contributed by atoms with Crippen LogP contribution < -0.4 is 14.2 Å². The highest BCUT2D eigenvalue weighted by molar-refractivity contribution is 9.10. The number of carbonyl (C=O) groups is 2. The lowest BCUT2D eigenvalue weighted by Gasteiger charge is -2.27. The summed E-state index contributed by atoms with van der Waals surface area (Å²) in [5.74, 6) is -0.501. The van der Waals surface area contributed by atoms with Crippen molar-refractivity contribution in [2.75, 3.05) is 48.5 Å². The summed E-state index contributed by atoms with van der Waals surface area (Å²) in [5, 5.41) is 11.1. The van der Waals surface area contributed by atoms with Crippen LogP contribution in [0.4, 0.5) is 0 Å². The van der Waals surface area contributed by atoms with Crippen LogP contribution in [0.2, 0.25) is 0 Å². The molecule has 0 aliphatic carbocycles. The fraction of sp³-hybridized carbons (Fsp3) is 0.333. The van der Waals surface area contributed by atoms with E-state index in [0.29, 0.717) is 34.9 Å². The third-order valence-corrected chi connectivity index (χ3v) is 5.98. The molecule has 1 fully saturated rings. The number of ether oxygens (including phenoxy) is 3. The molecular formula is C24H27BrN2O6. The number of amides is 1. The Kier molecular flexibility index (Phi) is 7.65. The number of aliphatic hydroxyl groups excluding tert-OH is 1. The molecule has 0 aromatic heterocycles. The van der Waals surface area contributed by atoms with E-state index in [-0.39, 0.29) is 17.9 Å². The number of likely N-dealkylation sites (tertiary alicyclic amines) is 1. The Morgan fingerprint density at radius 1 is 1.03 bits per heavy atom. The molecule has 1 saturated heterocycles. The number of benzene rings is 2. The second kappa shape index (κ2) is 10.3. The summed E-state index contributed by atoms with van der Waals surface area (Å²) < 4.78 is 17.2. The Morgan fingerprint density at radius 3 is 2.09 bits per heavy atom. The van der Waals surface area contributed by atoms with Crippen molar-refractivity contribution in [2.24, 2.45) is 0 Å². The van der Waals surface area contributed by atoms with Gasteiger partial charge in [-0.2, -0.15) is 0 Å². The van der Waals surface area contributed by atoms with Gasteiger partial charge >= 0.3 is 0 Å². The van der Waals surface area contributed by atoms with Gasteiger partial charge in [-0.1, -0.05) is 28.1 Å². The van der Waals surface area contributed by atoms with E-state index in [1.54, 1.807) is 36.4 Å². The summed E-state index contributed by atoms with van der Waals surface area (Å²) in [6.07, 6.45) is 0. The van der Waals surface area contributed by atoms with E-state index in [4.69, 9.17) is 14.2 Å². The molecule has 9 heteroatoms. The van der Waals surface area contributed by atoms with Crippen LogP contribution in [0.5, 0.6) is 17.2 Å². The number of nitrogens with zero attached hydrogens (tertiary/aromatic N) is 2. The van der Waals surface area contributed by atoms with Crippen molar-refractivity contribution < 1.29 is 28.9 Å². The largest absolute Gasteiger partial charge is 0.507 e. The van der Waals surface area contributed by atoms with Gasteiger partial charge in [0.15, 0.2) is 11.5 Å². The van der Waals surface area contributed by atoms with Crippen LogP contribution in [0.25, 0.3) is 5.76 Å². The molecule has 0 saturated carbocycles. The zero-order valence-electron chi connectivity index (χ0n) is 19.2. The first-order valence-corrected chi connectivity index (χ1v) is 11.0. The SMILES string of the molecule is COc1cc([C@H]2C(=C(O)c3ccc(Br)cc3)C(=O)C(=O)N2CCN(C)C)cc(OC)c1OC. The van der Waals surface area contributed by atoms with Gasteiger partial charge in [-0.25, -0.2) is 0 Å². The average molecular weight is 519 g/mol. The molecular weight excluding hydrogens is 492 g/mol. The van der Waals surface area contributed by atoms with Crippen LogP contribution >= 0.6 is 15.9 Å². The molecule has 1 aliphatic heterocycles. The van der Waals surface area contributed by atoms with Crippen molar-refractivity contribution in [3.63, 3.8) is 0 Å². The summed E-state index contributed by atoms with van der Waals surface area (Å²) in [7, 11) is 8.24. The van der Waals surface area contributed by atoms with Gasteiger partial charge in [-0.05, 0) is 43.9 Å². The second-order valence-corrected chi connectivity index (χ2v) is 8.68. The molecule has 0 unspecified atom stereocenters. The van der Waals surface area contributed by atoms with Crippen molar-refractivity contribution in [1.82, 2.24) is 9.80 Å². The number of ketones is 1. The molecule has 0 bridgehead atoms. The number of hydrogen-bond donors (Lipinski definition) is 1. The van der Waals surface area contributed by atoms with Crippen molar-refractivity contribution in [3.05, 3.63) is 57.6 Å².